The van der Waals surface area contributed by atoms with Gasteiger partial charge in [0, 0.05) is 5.56 Å². The molecule has 86 valence electrons. The summed E-state index contributed by atoms with van der Waals surface area (Å²) in [6.07, 6.45) is 4.49. The summed E-state index contributed by atoms with van der Waals surface area (Å²) in [7, 11) is 0. The van der Waals surface area contributed by atoms with E-state index in [0.717, 1.165) is 18.4 Å². The molecular formula is C12H17N3O. The molecule has 0 atom stereocenters. The highest BCUT2D eigenvalue weighted by atomic mass is 16.3. The molecule has 0 unspecified atom stereocenters. The van der Waals surface area contributed by atoms with E-state index in [1.165, 1.54) is 24.0 Å². The molecule has 0 heterocycles. The summed E-state index contributed by atoms with van der Waals surface area (Å²) < 4.78 is 0. The third-order valence-corrected chi connectivity index (χ3v) is 3.05. The number of guanidine groups is 1. The molecule has 0 bridgehead atoms. The molecule has 4 nitrogen and oxygen atoms in total. The Morgan fingerprint density at radius 2 is 2.00 bits per heavy atom. The number of aliphatic imine (C=N–C) groups is 1. The van der Waals surface area contributed by atoms with Crippen LogP contribution in [0.5, 0.6) is 5.75 Å². The monoisotopic (exact) mass is 219 g/mol. The third kappa shape index (κ3) is 2.10. The second-order valence-electron chi connectivity index (χ2n) is 4.15. The van der Waals surface area contributed by atoms with Gasteiger partial charge in [-0.05, 0) is 42.9 Å². The van der Waals surface area contributed by atoms with Crippen molar-refractivity contribution in [3.05, 3.63) is 28.8 Å². The average molecular weight is 219 g/mol. The highest BCUT2D eigenvalue weighted by Gasteiger charge is 2.15. The van der Waals surface area contributed by atoms with Gasteiger partial charge in [-0.2, -0.15) is 0 Å². The Labute approximate surface area is 95.0 Å². The zero-order chi connectivity index (χ0) is 11.5. The highest BCUT2D eigenvalue weighted by molar-refractivity contribution is 5.75. The third-order valence-electron chi connectivity index (χ3n) is 3.05. The predicted molar refractivity (Wildman–Crippen MR) is 64.3 cm³/mol. The molecule has 0 saturated carbocycles. The molecule has 1 aliphatic rings. The zero-order valence-electron chi connectivity index (χ0n) is 9.24. The fourth-order valence-corrected chi connectivity index (χ4v) is 2.24. The van der Waals surface area contributed by atoms with Crippen LogP contribution in [0.4, 0.5) is 0 Å². The smallest absolute Gasteiger partial charge is 0.186 e. The number of benzene rings is 1. The van der Waals surface area contributed by atoms with Gasteiger partial charge in [-0.15, -0.1) is 0 Å². The molecule has 4 heteroatoms. The summed E-state index contributed by atoms with van der Waals surface area (Å²) in [5, 5.41) is 9.83. The maximum Gasteiger partial charge on any atom is 0.186 e. The average Bonchev–Trinajstić information content (AvgIpc) is 2.27. The summed E-state index contributed by atoms with van der Waals surface area (Å²) in [5.41, 5.74) is 14.1. The van der Waals surface area contributed by atoms with E-state index in [0.29, 0.717) is 12.3 Å². The molecular weight excluding hydrogens is 202 g/mol. The SMILES string of the molecule is NC(N)=NCc1c(O)ccc2c1CCCC2. The van der Waals surface area contributed by atoms with Gasteiger partial charge in [0.1, 0.15) is 5.75 Å². The highest BCUT2D eigenvalue weighted by Crippen LogP contribution is 2.30. The number of nitrogens with zero attached hydrogens (tertiary/aromatic N) is 1. The maximum absolute atomic E-state index is 9.83. The lowest BCUT2D eigenvalue weighted by Gasteiger charge is -2.19. The van der Waals surface area contributed by atoms with Gasteiger partial charge < -0.3 is 16.6 Å². The van der Waals surface area contributed by atoms with Gasteiger partial charge in [0.25, 0.3) is 0 Å². The van der Waals surface area contributed by atoms with E-state index in [2.05, 4.69) is 4.99 Å². The maximum atomic E-state index is 9.83. The molecule has 0 saturated heterocycles. The normalized spacial score (nSPS) is 14.2. The van der Waals surface area contributed by atoms with Gasteiger partial charge >= 0.3 is 0 Å². The summed E-state index contributed by atoms with van der Waals surface area (Å²) in [4.78, 5) is 3.98. The topological polar surface area (TPSA) is 84.6 Å². The van der Waals surface area contributed by atoms with Crippen LogP contribution in [0.1, 0.15) is 29.5 Å². The molecule has 16 heavy (non-hydrogen) atoms. The van der Waals surface area contributed by atoms with Crippen LogP contribution in [0.15, 0.2) is 17.1 Å². The first-order valence-corrected chi connectivity index (χ1v) is 5.56. The van der Waals surface area contributed by atoms with Gasteiger partial charge in [-0.25, -0.2) is 4.99 Å². The van der Waals surface area contributed by atoms with Crippen LogP contribution in [0.3, 0.4) is 0 Å². The summed E-state index contributed by atoms with van der Waals surface area (Å²) in [6.45, 7) is 0.372. The van der Waals surface area contributed by atoms with Crippen LogP contribution < -0.4 is 11.5 Å². The second-order valence-corrected chi connectivity index (χ2v) is 4.15. The quantitative estimate of drug-likeness (QED) is 0.513. The second kappa shape index (κ2) is 4.43. The van der Waals surface area contributed by atoms with Gasteiger partial charge in [0.05, 0.1) is 6.54 Å². The minimum absolute atomic E-state index is 0.0628. The fourth-order valence-electron chi connectivity index (χ4n) is 2.24. The minimum Gasteiger partial charge on any atom is -0.508 e. The number of hydrogen-bond donors (Lipinski definition) is 3. The molecule has 0 amide bonds. The van der Waals surface area contributed by atoms with Crippen molar-refractivity contribution in [2.24, 2.45) is 16.5 Å². The molecule has 0 radical (unpaired) electrons. The fraction of sp³-hybridized carbons (Fsp3) is 0.417. The van der Waals surface area contributed by atoms with E-state index in [-0.39, 0.29) is 5.96 Å². The van der Waals surface area contributed by atoms with E-state index >= 15 is 0 Å². The van der Waals surface area contributed by atoms with Crippen molar-refractivity contribution in [3.63, 3.8) is 0 Å². The lowest BCUT2D eigenvalue weighted by atomic mass is 9.88. The molecule has 2 rings (SSSR count). The van der Waals surface area contributed by atoms with Crippen molar-refractivity contribution < 1.29 is 5.11 Å². The Bertz CT molecular complexity index is 423. The van der Waals surface area contributed by atoms with E-state index < -0.39 is 0 Å². The van der Waals surface area contributed by atoms with E-state index in [4.69, 9.17) is 11.5 Å². The first-order valence-electron chi connectivity index (χ1n) is 5.56. The zero-order valence-corrected chi connectivity index (χ0v) is 9.24. The number of phenols is 1. The van der Waals surface area contributed by atoms with Crippen molar-refractivity contribution in [3.8, 4) is 5.75 Å². The van der Waals surface area contributed by atoms with Crippen molar-refractivity contribution in [1.29, 1.82) is 0 Å². The molecule has 5 N–H and O–H groups in total. The van der Waals surface area contributed by atoms with E-state index in [1.807, 2.05) is 6.07 Å². The largest absolute Gasteiger partial charge is 0.508 e. The van der Waals surface area contributed by atoms with Gasteiger partial charge in [-0.3, -0.25) is 0 Å². The summed E-state index contributed by atoms with van der Waals surface area (Å²) in [5.74, 6) is 0.360. The molecule has 1 aliphatic carbocycles. The molecule has 1 aromatic rings. The number of hydrogen-bond acceptors (Lipinski definition) is 2. The molecule has 0 fully saturated rings. The molecule has 0 spiro atoms. The minimum atomic E-state index is 0.0628. The molecule has 1 aromatic carbocycles. The van der Waals surface area contributed by atoms with E-state index in [9.17, 15) is 5.11 Å². The standard InChI is InChI=1S/C12H17N3O/c13-12(14)15-7-10-9-4-2-1-3-8(9)5-6-11(10)16/h5-6,16H,1-4,7H2,(H4,13,14,15). The first kappa shape index (κ1) is 10.8. The lowest BCUT2D eigenvalue weighted by molar-refractivity contribution is 0.465. The van der Waals surface area contributed by atoms with Gasteiger partial charge in [0.2, 0.25) is 0 Å². The van der Waals surface area contributed by atoms with Gasteiger partial charge in [-0.1, -0.05) is 6.07 Å². The van der Waals surface area contributed by atoms with Crippen LogP contribution in [0.25, 0.3) is 0 Å². The summed E-state index contributed by atoms with van der Waals surface area (Å²) >= 11 is 0. The predicted octanol–water partition coefficient (Wildman–Crippen LogP) is 1.04. The molecule has 0 aromatic heterocycles. The Morgan fingerprint density at radius 3 is 2.75 bits per heavy atom. The summed E-state index contributed by atoms with van der Waals surface area (Å²) in [6, 6.07) is 3.74. The Morgan fingerprint density at radius 1 is 1.25 bits per heavy atom. The number of aryl methyl sites for hydroxylation is 1. The molecule has 0 aliphatic heterocycles. The van der Waals surface area contributed by atoms with Crippen molar-refractivity contribution in [2.75, 3.05) is 0 Å². The number of aromatic hydroxyl groups is 1. The van der Waals surface area contributed by atoms with Crippen molar-refractivity contribution in [1.82, 2.24) is 0 Å². The Balaban J connectivity index is 2.38. The van der Waals surface area contributed by atoms with Crippen molar-refractivity contribution >= 4 is 5.96 Å². The van der Waals surface area contributed by atoms with Crippen LogP contribution in [-0.2, 0) is 19.4 Å². The van der Waals surface area contributed by atoms with Crippen LogP contribution in [0, 0.1) is 0 Å². The van der Waals surface area contributed by atoms with Gasteiger partial charge in [0.15, 0.2) is 5.96 Å². The van der Waals surface area contributed by atoms with E-state index in [1.54, 1.807) is 6.07 Å². The van der Waals surface area contributed by atoms with Crippen LogP contribution in [-0.4, -0.2) is 11.1 Å². The number of rotatable bonds is 2. The van der Waals surface area contributed by atoms with Crippen molar-refractivity contribution in [2.45, 2.75) is 32.2 Å². The Hall–Kier alpha value is -1.71. The van der Waals surface area contributed by atoms with Crippen LogP contribution >= 0.6 is 0 Å². The van der Waals surface area contributed by atoms with Crippen LogP contribution in [0.2, 0.25) is 0 Å². The number of nitrogens with two attached hydrogens (primary N) is 2. The first-order chi connectivity index (χ1) is 7.68. The number of phenolic OH excluding ortho intramolecular Hbond substituents is 1. The number of fused-ring (bicyclic) bond motifs is 1. The lowest BCUT2D eigenvalue weighted by Crippen LogP contribution is -2.22. The Kier molecular flexibility index (Phi) is 2.99.